The first-order valence-corrected chi connectivity index (χ1v) is 10.3. The second-order valence-electron chi connectivity index (χ2n) is 7.50. The van der Waals surface area contributed by atoms with Crippen LogP contribution in [0.5, 0.6) is 5.75 Å². The van der Waals surface area contributed by atoms with Crippen molar-refractivity contribution < 1.29 is 17.9 Å². The largest absolute Gasteiger partial charge is 0.497 e. The molecule has 1 saturated heterocycles. The van der Waals surface area contributed by atoms with E-state index in [0.29, 0.717) is 12.5 Å². The molecule has 3 rings (SSSR count). The minimum Gasteiger partial charge on any atom is -0.497 e. The molecule has 0 radical (unpaired) electrons. The first-order valence-electron chi connectivity index (χ1n) is 10.3. The zero-order valence-corrected chi connectivity index (χ0v) is 18.0. The first-order chi connectivity index (χ1) is 14.8. The number of hydrogen-bond acceptors (Lipinski definition) is 4. The van der Waals surface area contributed by atoms with Gasteiger partial charge in [0.25, 0.3) is 0 Å². The van der Waals surface area contributed by atoms with E-state index in [4.69, 9.17) is 4.74 Å². The third-order valence-corrected chi connectivity index (χ3v) is 5.11. The van der Waals surface area contributed by atoms with E-state index in [1.54, 1.807) is 7.11 Å². The van der Waals surface area contributed by atoms with Gasteiger partial charge in [0.1, 0.15) is 5.75 Å². The molecule has 1 aliphatic rings. The third-order valence-electron chi connectivity index (χ3n) is 5.11. The van der Waals surface area contributed by atoms with Crippen molar-refractivity contribution in [2.24, 2.45) is 12.0 Å². The molecule has 170 valence electrons. The van der Waals surface area contributed by atoms with Crippen molar-refractivity contribution in [1.82, 2.24) is 20.4 Å². The molecule has 31 heavy (non-hydrogen) atoms. The van der Waals surface area contributed by atoms with Gasteiger partial charge in [-0.1, -0.05) is 6.07 Å². The van der Waals surface area contributed by atoms with Crippen LogP contribution >= 0.6 is 0 Å². The van der Waals surface area contributed by atoms with Crippen molar-refractivity contribution in [3.05, 3.63) is 41.7 Å². The molecule has 1 unspecified atom stereocenters. The number of methoxy groups -OCH3 is 1. The summed E-state index contributed by atoms with van der Waals surface area (Å²) >= 11 is 0. The van der Waals surface area contributed by atoms with Crippen molar-refractivity contribution in [3.63, 3.8) is 0 Å². The quantitative estimate of drug-likeness (QED) is 0.536. The maximum Gasteiger partial charge on any atom is 0.435 e. The number of nitrogens with zero attached hydrogens (tertiary/aromatic N) is 4. The minimum atomic E-state index is -4.50. The maximum absolute atomic E-state index is 13.2. The highest BCUT2D eigenvalue weighted by atomic mass is 19.4. The molecule has 1 fully saturated rings. The van der Waals surface area contributed by atoms with Crippen LogP contribution in [0.4, 0.5) is 18.9 Å². The number of halogens is 3. The Morgan fingerprint density at radius 2 is 2.16 bits per heavy atom. The lowest BCUT2D eigenvalue weighted by atomic mass is 10.0. The number of hydrogen-bond donors (Lipinski definition) is 2. The zero-order chi connectivity index (χ0) is 22.4. The van der Waals surface area contributed by atoms with Gasteiger partial charge in [0.05, 0.1) is 13.7 Å². The van der Waals surface area contributed by atoms with Gasteiger partial charge < -0.3 is 20.3 Å². The molecule has 10 heteroatoms. The molecular weight excluding hydrogens is 409 g/mol. The maximum atomic E-state index is 13.2. The van der Waals surface area contributed by atoms with Crippen molar-refractivity contribution in [2.75, 3.05) is 31.6 Å². The highest BCUT2D eigenvalue weighted by molar-refractivity contribution is 5.80. The number of aliphatic imine (C=N–C) groups is 1. The van der Waals surface area contributed by atoms with E-state index >= 15 is 0 Å². The predicted molar refractivity (Wildman–Crippen MR) is 114 cm³/mol. The number of rotatable bonds is 6. The van der Waals surface area contributed by atoms with Gasteiger partial charge in [-0.05, 0) is 31.9 Å². The molecule has 0 saturated carbocycles. The SMILES string of the molecule is CCNC(=NCc1cn(C)nc1C(F)(F)F)NC1CCCN(c2cccc(OC)c2)C1. The number of aromatic nitrogens is 2. The highest BCUT2D eigenvalue weighted by Crippen LogP contribution is 2.31. The fourth-order valence-corrected chi connectivity index (χ4v) is 3.71. The molecular formula is C21H29F3N6O. The van der Waals surface area contributed by atoms with Gasteiger partial charge in [-0.2, -0.15) is 18.3 Å². The van der Waals surface area contributed by atoms with E-state index in [0.717, 1.165) is 37.4 Å². The molecule has 2 aromatic rings. The van der Waals surface area contributed by atoms with Crippen LogP contribution in [0.3, 0.4) is 0 Å². The number of benzene rings is 1. The van der Waals surface area contributed by atoms with Gasteiger partial charge in [0, 0.05) is 56.2 Å². The summed E-state index contributed by atoms with van der Waals surface area (Å²) in [5.41, 5.74) is 0.239. The summed E-state index contributed by atoms with van der Waals surface area (Å²) in [6.07, 6.45) is -1.19. The Morgan fingerprint density at radius 3 is 2.87 bits per heavy atom. The second-order valence-corrected chi connectivity index (χ2v) is 7.50. The number of anilines is 1. The van der Waals surface area contributed by atoms with Gasteiger partial charge in [-0.25, -0.2) is 4.99 Å². The molecule has 2 N–H and O–H groups in total. The summed E-state index contributed by atoms with van der Waals surface area (Å²) in [6, 6.07) is 8.04. The summed E-state index contributed by atoms with van der Waals surface area (Å²) < 4.78 is 46.1. The standard InChI is InChI=1S/C21H29F3N6O/c1-4-25-20(26-12-15-13-29(2)28-19(15)21(22,23)24)27-16-7-6-10-30(14-16)17-8-5-9-18(11-17)31-3/h5,8-9,11,13,16H,4,6-7,10,12,14H2,1-3H3,(H2,25,26,27). The molecule has 1 aliphatic heterocycles. The summed E-state index contributed by atoms with van der Waals surface area (Å²) in [4.78, 5) is 6.67. The average Bonchev–Trinajstić information content (AvgIpc) is 3.13. The Labute approximate surface area is 180 Å². The number of ether oxygens (including phenoxy) is 1. The van der Waals surface area contributed by atoms with Gasteiger partial charge >= 0.3 is 6.18 Å². The van der Waals surface area contributed by atoms with Gasteiger partial charge in [-0.3, -0.25) is 4.68 Å². The lowest BCUT2D eigenvalue weighted by Gasteiger charge is -2.35. The minimum absolute atomic E-state index is 0.0499. The van der Waals surface area contributed by atoms with Crippen LogP contribution in [0.15, 0.2) is 35.5 Å². The van der Waals surface area contributed by atoms with Crippen LogP contribution in [0.25, 0.3) is 0 Å². The van der Waals surface area contributed by atoms with Crippen LogP contribution in [0.1, 0.15) is 31.0 Å². The van der Waals surface area contributed by atoms with Crippen LogP contribution in [0, 0.1) is 0 Å². The molecule has 1 atom stereocenters. The van der Waals surface area contributed by atoms with Crippen molar-refractivity contribution >= 4 is 11.6 Å². The molecule has 0 bridgehead atoms. The summed E-state index contributed by atoms with van der Waals surface area (Å²) in [5, 5.41) is 10.1. The fourth-order valence-electron chi connectivity index (χ4n) is 3.71. The number of piperidine rings is 1. The molecule has 2 heterocycles. The normalized spacial score (nSPS) is 17.5. The Balaban J connectivity index is 1.69. The van der Waals surface area contributed by atoms with E-state index in [1.165, 1.54) is 17.9 Å². The number of guanidine groups is 1. The van der Waals surface area contributed by atoms with Crippen LogP contribution in [-0.2, 0) is 19.8 Å². The van der Waals surface area contributed by atoms with Crippen molar-refractivity contribution in [2.45, 2.75) is 38.5 Å². The first kappa shape index (κ1) is 22.8. The third kappa shape index (κ3) is 6.05. The number of aryl methyl sites for hydroxylation is 1. The van der Waals surface area contributed by atoms with E-state index in [9.17, 15) is 13.2 Å². The Kier molecular flexibility index (Phi) is 7.29. The monoisotopic (exact) mass is 438 g/mol. The molecule has 0 spiro atoms. The van der Waals surface area contributed by atoms with Gasteiger partial charge in [0.15, 0.2) is 11.7 Å². The molecule has 0 aliphatic carbocycles. The van der Waals surface area contributed by atoms with Crippen molar-refractivity contribution in [3.8, 4) is 5.75 Å². The lowest BCUT2D eigenvalue weighted by molar-refractivity contribution is -0.142. The number of alkyl halides is 3. The van der Waals surface area contributed by atoms with E-state index in [2.05, 4.69) is 25.6 Å². The Hall–Kier alpha value is -2.91. The number of nitrogens with one attached hydrogen (secondary N) is 2. The van der Waals surface area contributed by atoms with E-state index in [-0.39, 0.29) is 18.2 Å². The molecule has 0 amide bonds. The Bertz CT molecular complexity index is 895. The lowest BCUT2D eigenvalue weighted by Crippen LogP contribution is -2.51. The summed E-state index contributed by atoms with van der Waals surface area (Å²) in [5.74, 6) is 1.30. The zero-order valence-electron chi connectivity index (χ0n) is 18.0. The predicted octanol–water partition coefficient (Wildman–Crippen LogP) is 3.17. The van der Waals surface area contributed by atoms with Crippen LogP contribution in [0.2, 0.25) is 0 Å². The second kappa shape index (κ2) is 9.93. The molecule has 7 nitrogen and oxygen atoms in total. The van der Waals surface area contributed by atoms with Crippen molar-refractivity contribution in [1.29, 1.82) is 0 Å². The molecule has 1 aromatic heterocycles. The van der Waals surface area contributed by atoms with Gasteiger partial charge in [0.2, 0.25) is 0 Å². The average molecular weight is 438 g/mol. The van der Waals surface area contributed by atoms with E-state index in [1.807, 2.05) is 31.2 Å². The Morgan fingerprint density at radius 1 is 1.35 bits per heavy atom. The summed E-state index contributed by atoms with van der Waals surface area (Å²) in [7, 11) is 3.12. The van der Waals surface area contributed by atoms with Crippen LogP contribution in [-0.4, -0.2) is 48.5 Å². The van der Waals surface area contributed by atoms with E-state index < -0.39 is 11.9 Å². The fraction of sp³-hybridized carbons (Fsp3) is 0.524. The smallest absolute Gasteiger partial charge is 0.435 e. The summed E-state index contributed by atoms with van der Waals surface area (Å²) in [6.45, 7) is 4.12. The highest BCUT2D eigenvalue weighted by Gasteiger charge is 2.36. The van der Waals surface area contributed by atoms with Crippen LogP contribution < -0.4 is 20.3 Å². The molecule has 1 aromatic carbocycles. The van der Waals surface area contributed by atoms with Gasteiger partial charge in [-0.15, -0.1) is 0 Å². The topological polar surface area (TPSA) is 66.7 Å².